The van der Waals surface area contributed by atoms with Crippen LogP contribution in [0.2, 0.25) is 0 Å². The molecule has 1 aromatic heterocycles. The summed E-state index contributed by atoms with van der Waals surface area (Å²) in [6, 6.07) is 8.26. The quantitative estimate of drug-likeness (QED) is 0.848. The molecule has 0 aliphatic rings. The first-order valence-corrected chi connectivity index (χ1v) is 6.95. The Kier molecular flexibility index (Phi) is 4.48. The van der Waals surface area contributed by atoms with E-state index >= 15 is 0 Å². The number of rotatable bonds is 6. The van der Waals surface area contributed by atoms with Crippen molar-refractivity contribution >= 4 is 11.0 Å². The molecule has 0 saturated heterocycles. The van der Waals surface area contributed by atoms with Crippen molar-refractivity contribution in [1.82, 2.24) is 5.32 Å². The van der Waals surface area contributed by atoms with E-state index in [4.69, 9.17) is 9.15 Å². The Bertz CT molecular complexity index is 533. The SMILES string of the molecule is CCC(C)CNC(C)c1cc2cccc(OC)c2o1. The summed E-state index contributed by atoms with van der Waals surface area (Å²) in [5.41, 5.74) is 0.831. The average molecular weight is 261 g/mol. The van der Waals surface area contributed by atoms with E-state index in [1.165, 1.54) is 6.42 Å². The second kappa shape index (κ2) is 6.11. The maximum Gasteiger partial charge on any atom is 0.176 e. The topological polar surface area (TPSA) is 34.4 Å². The monoisotopic (exact) mass is 261 g/mol. The lowest BCUT2D eigenvalue weighted by atomic mass is 10.1. The largest absolute Gasteiger partial charge is 0.493 e. The Morgan fingerprint density at radius 1 is 1.32 bits per heavy atom. The Balaban J connectivity index is 2.16. The van der Waals surface area contributed by atoms with Crippen LogP contribution in [0.1, 0.15) is 39.0 Å². The number of fused-ring (bicyclic) bond motifs is 1. The van der Waals surface area contributed by atoms with Crippen LogP contribution >= 0.6 is 0 Å². The van der Waals surface area contributed by atoms with E-state index < -0.39 is 0 Å². The number of hydrogen-bond acceptors (Lipinski definition) is 3. The van der Waals surface area contributed by atoms with E-state index in [0.717, 1.165) is 29.0 Å². The molecule has 19 heavy (non-hydrogen) atoms. The second-order valence-electron chi connectivity index (χ2n) is 5.17. The normalized spacial score (nSPS) is 14.5. The molecule has 3 nitrogen and oxygen atoms in total. The molecule has 1 aromatic carbocycles. The van der Waals surface area contributed by atoms with Gasteiger partial charge in [0.25, 0.3) is 0 Å². The Morgan fingerprint density at radius 3 is 2.79 bits per heavy atom. The zero-order valence-corrected chi connectivity index (χ0v) is 12.2. The van der Waals surface area contributed by atoms with Crippen LogP contribution < -0.4 is 10.1 Å². The molecule has 104 valence electrons. The van der Waals surface area contributed by atoms with Crippen LogP contribution in [-0.4, -0.2) is 13.7 Å². The predicted octanol–water partition coefficient (Wildman–Crippen LogP) is 4.14. The third-order valence-corrected chi connectivity index (χ3v) is 3.64. The van der Waals surface area contributed by atoms with E-state index in [9.17, 15) is 0 Å². The number of benzene rings is 1. The molecule has 0 bridgehead atoms. The van der Waals surface area contributed by atoms with Gasteiger partial charge in [0.2, 0.25) is 0 Å². The minimum atomic E-state index is 0.214. The van der Waals surface area contributed by atoms with Crippen molar-refractivity contribution in [1.29, 1.82) is 0 Å². The van der Waals surface area contributed by atoms with Gasteiger partial charge in [-0.05, 0) is 31.5 Å². The molecule has 2 unspecified atom stereocenters. The summed E-state index contributed by atoms with van der Waals surface area (Å²) in [5, 5.41) is 4.60. The fourth-order valence-electron chi connectivity index (χ4n) is 2.05. The first kappa shape index (κ1) is 13.9. The number of para-hydroxylation sites is 1. The van der Waals surface area contributed by atoms with Gasteiger partial charge in [0.1, 0.15) is 5.76 Å². The fraction of sp³-hybridized carbons (Fsp3) is 0.500. The lowest BCUT2D eigenvalue weighted by Crippen LogP contribution is -2.23. The van der Waals surface area contributed by atoms with Gasteiger partial charge in [0.05, 0.1) is 13.2 Å². The zero-order chi connectivity index (χ0) is 13.8. The third-order valence-electron chi connectivity index (χ3n) is 3.64. The van der Waals surface area contributed by atoms with E-state index in [-0.39, 0.29) is 6.04 Å². The van der Waals surface area contributed by atoms with Crippen molar-refractivity contribution in [3.63, 3.8) is 0 Å². The number of hydrogen-bond donors (Lipinski definition) is 1. The van der Waals surface area contributed by atoms with Crippen LogP contribution in [-0.2, 0) is 0 Å². The van der Waals surface area contributed by atoms with Crippen molar-refractivity contribution < 1.29 is 9.15 Å². The van der Waals surface area contributed by atoms with Gasteiger partial charge in [-0.1, -0.05) is 32.4 Å². The smallest absolute Gasteiger partial charge is 0.176 e. The number of methoxy groups -OCH3 is 1. The highest BCUT2D eigenvalue weighted by molar-refractivity contribution is 5.83. The third kappa shape index (κ3) is 3.10. The van der Waals surface area contributed by atoms with Gasteiger partial charge in [-0.25, -0.2) is 0 Å². The molecule has 3 heteroatoms. The van der Waals surface area contributed by atoms with E-state index in [0.29, 0.717) is 5.92 Å². The highest BCUT2D eigenvalue weighted by Crippen LogP contribution is 2.30. The summed E-state index contributed by atoms with van der Waals surface area (Å²) in [6.45, 7) is 7.60. The van der Waals surface area contributed by atoms with Crippen molar-refractivity contribution in [3.05, 3.63) is 30.0 Å². The minimum Gasteiger partial charge on any atom is -0.493 e. The van der Waals surface area contributed by atoms with Crippen molar-refractivity contribution in [2.45, 2.75) is 33.2 Å². The van der Waals surface area contributed by atoms with Gasteiger partial charge in [0.15, 0.2) is 11.3 Å². The van der Waals surface area contributed by atoms with Crippen LogP contribution in [0, 0.1) is 5.92 Å². The molecule has 0 spiro atoms. The summed E-state index contributed by atoms with van der Waals surface area (Å²) < 4.78 is 11.3. The summed E-state index contributed by atoms with van der Waals surface area (Å²) in [6.07, 6.45) is 1.19. The lowest BCUT2D eigenvalue weighted by molar-refractivity contribution is 0.391. The molecule has 0 aliphatic heterocycles. The highest BCUT2D eigenvalue weighted by Gasteiger charge is 2.14. The molecule has 0 amide bonds. The molecule has 2 atom stereocenters. The van der Waals surface area contributed by atoms with Gasteiger partial charge in [0, 0.05) is 5.39 Å². The predicted molar refractivity (Wildman–Crippen MR) is 78.6 cm³/mol. The minimum absolute atomic E-state index is 0.214. The van der Waals surface area contributed by atoms with Gasteiger partial charge >= 0.3 is 0 Å². The summed E-state index contributed by atoms with van der Waals surface area (Å²) in [4.78, 5) is 0. The van der Waals surface area contributed by atoms with Gasteiger partial charge in [-0.2, -0.15) is 0 Å². The molecule has 1 N–H and O–H groups in total. The van der Waals surface area contributed by atoms with Crippen LogP contribution in [0.25, 0.3) is 11.0 Å². The molecule has 2 rings (SSSR count). The first-order chi connectivity index (χ1) is 9.15. The van der Waals surface area contributed by atoms with E-state index in [2.05, 4.69) is 32.2 Å². The molecule has 1 heterocycles. The highest BCUT2D eigenvalue weighted by atomic mass is 16.5. The molecular weight excluding hydrogens is 238 g/mol. The van der Waals surface area contributed by atoms with Gasteiger partial charge in [-0.15, -0.1) is 0 Å². The van der Waals surface area contributed by atoms with Crippen LogP contribution in [0.15, 0.2) is 28.7 Å². The van der Waals surface area contributed by atoms with Crippen molar-refractivity contribution in [2.75, 3.05) is 13.7 Å². The number of furan rings is 1. The lowest BCUT2D eigenvalue weighted by Gasteiger charge is -2.14. The summed E-state index contributed by atoms with van der Waals surface area (Å²) >= 11 is 0. The first-order valence-electron chi connectivity index (χ1n) is 6.95. The molecule has 0 aliphatic carbocycles. The molecule has 0 saturated carbocycles. The average Bonchev–Trinajstić information content (AvgIpc) is 2.88. The maximum atomic E-state index is 5.93. The molecule has 2 aromatic rings. The summed E-state index contributed by atoms with van der Waals surface area (Å²) in [5.74, 6) is 2.43. The second-order valence-corrected chi connectivity index (χ2v) is 5.17. The van der Waals surface area contributed by atoms with Crippen LogP contribution in [0.4, 0.5) is 0 Å². The Morgan fingerprint density at radius 2 is 2.11 bits per heavy atom. The van der Waals surface area contributed by atoms with Crippen LogP contribution in [0.3, 0.4) is 0 Å². The maximum absolute atomic E-state index is 5.93. The Hall–Kier alpha value is -1.48. The fourth-order valence-corrected chi connectivity index (χ4v) is 2.05. The van der Waals surface area contributed by atoms with Crippen molar-refractivity contribution in [3.8, 4) is 5.75 Å². The van der Waals surface area contributed by atoms with E-state index in [1.807, 2.05) is 18.2 Å². The molecule has 0 fully saturated rings. The van der Waals surface area contributed by atoms with Crippen LogP contribution in [0.5, 0.6) is 5.75 Å². The standard InChI is InChI=1S/C16H23NO2/c1-5-11(2)10-17-12(3)15-9-13-7-6-8-14(18-4)16(13)19-15/h6-9,11-12,17H,5,10H2,1-4H3. The van der Waals surface area contributed by atoms with Gasteiger partial charge < -0.3 is 14.5 Å². The molecule has 0 radical (unpaired) electrons. The Labute approximate surface area is 114 Å². The summed E-state index contributed by atoms with van der Waals surface area (Å²) in [7, 11) is 1.67. The number of nitrogens with one attached hydrogen (secondary N) is 1. The molecular formula is C16H23NO2. The van der Waals surface area contributed by atoms with E-state index in [1.54, 1.807) is 7.11 Å². The zero-order valence-electron chi connectivity index (χ0n) is 12.2. The number of ether oxygens (including phenoxy) is 1. The van der Waals surface area contributed by atoms with Gasteiger partial charge in [-0.3, -0.25) is 0 Å². The van der Waals surface area contributed by atoms with Crippen molar-refractivity contribution in [2.24, 2.45) is 5.92 Å².